The van der Waals surface area contributed by atoms with Gasteiger partial charge in [-0.25, -0.2) is 14.7 Å². The van der Waals surface area contributed by atoms with E-state index >= 15 is 0 Å². The van der Waals surface area contributed by atoms with Crippen LogP contribution in [0.3, 0.4) is 0 Å². The van der Waals surface area contributed by atoms with Gasteiger partial charge in [0.1, 0.15) is 5.69 Å². The first-order valence-corrected chi connectivity index (χ1v) is 7.63. The van der Waals surface area contributed by atoms with Gasteiger partial charge in [-0.1, -0.05) is 23.2 Å². The fourth-order valence-corrected chi connectivity index (χ4v) is 2.45. The molecule has 1 aromatic carbocycles. The summed E-state index contributed by atoms with van der Waals surface area (Å²) < 4.78 is 0. The zero-order valence-electron chi connectivity index (χ0n) is 12.4. The van der Waals surface area contributed by atoms with Crippen molar-refractivity contribution in [1.82, 2.24) is 15.3 Å². The third-order valence-corrected chi connectivity index (χ3v) is 4.01. The normalized spacial score (nSPS) is 13.9. The number of aromatic nitrogens is 2. The molecule has 3 N–H and O–H groups in total. The number of nitrogens with zero attached hydrogens (tertiary/aromatic N) is 3. The molecule has 8 nitrogen and oxygen atoms in total. The van der Waals surface area contributed by atoms with E-state index in [-0.39, 0.29) is 24.1 Å². The molecule has 0 aliphatic carbocycles. The van der Waals surface area contributed by atoms with Gasteiger partial charge in [0.25, 0.3) is 5.91 Å². The molecular formula is C14H12Cl2N6O2. The van der Waals surface area contributed by atoms with E-state index in [2.05, 4.69) is 25.9 Å². The van der Waals surface area contributed by atoms with Crippen LogP contribution in [0.25, 0.3) is 0 Å². The van der Waals surface area contributed by atoms with Gasteiger partial charge in [-0.3, -0.25) is 4.79 Å². The van der Waals surface area contributed by atoms with Crippen LogP contribution in [0.1, 0.15) is 0 Å². The van der Waals surface area contributed by atoms with Gasteiger partial charge in [0, 0.05) is 12.7 Å². The number of nitrogens with one attached hydrogen (secondary N) is 3. The highest BCUT2D eigenvalue weighted by molar-refractivity contribution is 6.42. The molecule has 0 radical (unpaired) electrons. The lowest BCUT2D eigenvalue weighted by Gasteiger charge is -2.16. The van der Waals surface area contributed by atoms with Crippen LogP contribution >= 0.6 is 23.2 Å². The summed E-state index contributed by atoms with van der Waals surface area (Å²) in [4.78, 5) is 33.0. The zero-order chi connectivity index (χ0) is 17.3. The van der Waals surface area contributed by atoms with Gasteiger partial charge >= 0.3 is 6.03 Å². The van der Waals surface area contributed by atoms with Gasteiger partial charge in [-0.2, -0.15) is 4.98 Å². The molecule has 3 amide bonds. The van der Waals surface area contributed by atoms with Crippen LogP contribution in [0.2, 0.25) is 10.0 Å². The summed E-state index contributed by atoms with van der Waals surface area (Å²) in [5.41, 5.74) is 0.923. The van der Waals surface area contributed by atoms with Gasteiger partial charge in [0.05, 0.1) is 22.8 Å². The number of anilines is 4. The molecule has 2 aromatic rings. The highest BCUT2D eigenvalue weighted by Crippen LogP contribution is 2.29. The number of halogens is 2. The fraction of sp³-hybridized carbons (Fsp3) is 0.143. The van der Waals surface area contributed by atoms with Crippen molar-refractivity contribution in [2.75, 3.05) is 29.1 Å². The standard InChI is InChI=1S/C14H12Cl2N6O2/c1-17-12-10(22-11(23)6-19-14(22)24)5-18-13(21-12)20-7-2-3-8(15)9(16)4-7/h2-5H,6H2,1H3,(H,19,24)(H2,17,18,20,21). The van der Waals surface area contributed by atoms with Crippen LogP contribution in [0.4, 0.5) is 27.9 Å². The maximum atomic E-state index is 11.8. The van der Waals surface area contributed by atoms with E-state index < -0.39 is 6.03 Å². The number of amides is 3. The Morgan fingerprint density at radius 1 is 1.25 bits per heavy atom. The Morgan fingerprint density at radius 2 is 2.04 bits per heavy atom. The van der Waals surface area contributed by atoms with Crippen LogP contribution in [0.15, 0.2) is 24.4 Å². The van der Waals surface area contributed by atoms with E-state index in [4.69, 9.17) is 23.2 Å². The molecule has 1 aliphatic rings. The van der Waals surface area contributed by atoms with Crippen molar-refractivity contribution in [2.24, 2.45) is 0 Å². The Hall–Kier alpha value is -2.58. The molecule has 3 rings (SSSR count). The van der Waals surface area contributed by atoms with Crippen LogP contribution < -0.4 is 20.9 Å². The van der Waals surface area contributed by atoms with Crippen LogP contribution in [-0.2, 0) is 4.79 Å². The van der Waals surface area contributed by atoms with Gasteiger partial charge in [-0.15, -0.1) is 0 Å². The highest BCUT2D eigenvalue weighted by atomic mass is 35.5. The molecule has 0 saturated carbocycles. The largest absolute Gasteiger partial charge is 0.371 e. The summed E-state index contributed by atoms with van der Waals surface area (Å²) in [6.45, 7) is -0.0503. The lowest BCUT2D eigenvalue weighted by Crippen LogP contribution is -2.31. The van der Waals surface area contributed by atoms with Gasteiger partial charge < -0.3 is 16.0 Å². The van der Waals surface area contributed by atoms with Crippen LogP contribution in [0, 0.1) is 0 Å². The first-order chi connectivity index (χ1) is 11.5. The molecular weight excluding hydrogens is 355 g/mol. The number of benzene rings is 1. The second-order valence-corrected chi connectivity index (χ2v) is 5.63. The average molecular weight is 367 g/mol. The summed E-state index contributed by atoms with van der Waals surface area (Å²) in [6.07, 6.45) is 1.39. The van der Waals surface area contributed by atoms with Gasteiger partial charge in [0.15, 0.2) is 5.82 Å². The molecule has 2 heterocycles. The van der Waals surface area contributed by atoms with Crippen molar-refractivity contribution in [3.63, 3.8) is 0 Å². The van der Waals surface area contributed by atoms with Crippen molar-refractivity contribution in [1.29, 1.82) is 0 Å². The predicted molar refractivity (Wildman–Crippen MR) is 92.2 cm³/mol. The molecule has 124 valence electrons. The number of urea groups is 1. The lowest BCUT2D eigenvalue weighted by atomic mass is 10.3. The third kappa shape index (κ3) is 3.06. The van der Waals surface area contributed by atoms with Gasteiger partial charge in [-0.05, 0) is 18.2 Å². The summed E-state index contributed by atoms with van der Waals surface area (Å²) in [6, 6.07) is 4.50. The number of carbonyl (C=O) groups excluding carboxylic acids is 2. The van der Waals surface area contributed by atoms with Crippen molar-refractivity contribution in [3.05, 3.63) is 34.4 Å². The Kier molecular flexibility index (Phi) is 4.41. The molecule has 0 bridgehead atoms. The minimum atomic E-state index is -0.509. The maximum absolute atomic E-state index is 11.8. The topological polar surface area (TPSA) is 99.2 Å². The third-order valence-electron chi connectivity index (χ3n) is 3.27. The minimum Gasteiger partial charge on any atom is -0.371 e. The molecule has 0 atom stereocenters. The zero-order valence-corrected chi connectivity index (χ0v) is 13.9. The first-order valence-electron chi connectivity index (χ1n) is 6.87. The summed E-state index contributed by atoms with van der Waals surface area (Å²) in [5.74, 6) is 0.233. The quantitative estimate of drug-likeness (QED) is 0.719. The van der Waals surface area contributed by atoms with E-state index in [1.54, 1.807) is 25.2 Å². The fourth-order valence-electron chi connectivity index (χ4n) is 2.15. The van der Waals surface area contributed by atoms with Crippen LogP contribution in [0.5, 0.6) is 0 Å². The van der Waals surface area contributed by atoms with E-state index in [1.807, 2.05) is 0 Å². The Morgan fingerprint density at radius 3 is 2.67 bits per heavy atom. The van der Waals surface area contributed by atoms with E-state index in [0.29, 0.717) is 21.6 Å². The first kappa shape index (κ1) is 16.3. The van der Waals surface area contributed by atoms with Crippen molar-refractivity contribution in [3.8, 4) is 0 Å². The Balaban J connectivity index is 1.90. The number of rotatable bonds is 4. The molecule has 24 heavy (non-hydrogen) atoms. The number of hydrogen-bond acceptors (Lipinski definition) is 6. The number of hydrogen-bond donors (Lipinski definition) is 3. The van der Waals surface area contributed by atoms with Crippen molar-refractivity contribution in [2.45, 2.75) is 0 Å². The Bertz CT molecular complexity index is 813. The molecule has 1 saturated heterocycles. The van der Waals surface area contributed by atoms with E-state index in [9.17, 15) is 9.59 Å². The molecule has 0 unspecified atom stereocenters. The van der Waals surface area contributed by atoms with Crippen molar-refractivity contribution >= 4 is 58.3 Å². The Labute approximate surface area is 147 Å². The average Bonchev–Trinajstić information content (AvgIpc) is 2.90. The second-order valence-electron chi connectivity index (χ2n) is 4.82. The SMILES string of the molecule is CNc1nc(Nc2ccc(Cl)c(Cl)c2)ncc1N1C(=O)CNC1=O. The summed E-state index contributed by atoms with van der Waals surface area (Å²) in [5, 5.41) is 9.10. The highest BCUT2D eigenvalue weighted by Gasteiger charge is 2.32. The smallest absolute Gasteiger partial charge is 0.329 e. The van der Waals surface area contributed by atoms with Crippen molar-refractivity contribution < 1.29 is 9.59 Å². The van der Waals surface area contributed by atoms with Crippen LogP contribution in [-0.4, -0.2) is 35.5 Å². The number of carbonyl (C=O) groups is 2. The maximum Gasteiger partial charge on any atom is 0.329 e. The summed E-state index contributed by atoms with van der Waals surface area (Å²) >= 11 is 11.8. The molecule has 1 aromatic heterocycles. The van der Waals surface area contributed by atoms with E-state index in [0.717, 1.165) is 4.90 Å². The summed E-state index contributed by atoms with van der Waals surface area (Å²) in [7, 11) is 1.63. The number of imide groups is 1. The molecule has 1 fully saturated rings. The molecule has 10 heteroatoms. The van der Waals surface area contributed by atoms with E-state index in [1.165, 1.54) is 6.20 Å². The monoisotopic (exact) mass is 366 g/mol. The minimum absolute atomic E-state index is 0.0503. The molecule has 1 aliphatic heterocycles. The predicted octanol–water partition coefficient (Wildman–Crippen LogP) is 2.62. The lowest BCUT2D eigenvalue weighted by molar-refractivity contribution is -0.115. The molecule has 0 spiro atoms. The second kappa shape index (κ2) is 6.50. The van der Waals surface area contributed by atoms with Gasteiger partial charge in [0.2, 0.25) is 5.95 Å².